The van der Waals surface area contributed by atoms with Crippen molar-refractivity contribution in [3.8, 4) is 0 Å². The molecular weight excluding hydrogens is 266 g/mol. The van der Waals surface area contributed by atoms with E-state index in [1.165, 1.54) is 0 Å². The Hall–Kier alpha value is -1.65. The maximum atomic E-state index is 6.09. The zero-order chi connectivity index (χ0) is 13.0. The molecule has 0 amide bonds. The summed E-state index contributed by atoms with van der Waals surface area (Å²) in [6.07, 6.45) is 3.51. The molecule has 0 aliphatic carbocycles. The van der Waals surface area contributed by atoms with Crippen molar-refractivity contribution >= 4 is 34.5 Å². The van der Waals surface area contributed by atoms with E-state index in [1.54, 1.807) is 18.5 Å². The SMILES string of the molecule is NC(=S)c1c(Cl)cccc1NCc1ccncc1. The second kappa shape index (κ2) is 5.80. The molecule has 0 bridgehead atoms. The Bertz CT molecular complexity index is 557. The number of nitrogens with two attached hydrogens (primary N) is 1. The number of hydrogen-bond acceptors (Lipinski definition) is 3. The summed E-state index contributed by atoms with van der Waals surface area (Å²) in [4.78, 5) is 4.26. The Morgan fingerprint density at radius 3 is 2.67 bits per heavy atom. The van der Waals surface area contributed by atoms with Gasteiger partial charge in [-0.3, -0.25) is 4.98 Å². The van der Waals surface area contributed by atoms with Crippen molar-refractivity contribution in [3.05, 3.63) is 58.9 Å². The number of nitrogens with one attached hydrogen (secondary N) is 1. The molecule has 0 spiro atoms. The van der Waals surface area contributed by atoms with Crippen LogP contribution in [0.5, 0.6) is 0 Å². The zero-order valence-electron chi connectivity index (χ0n) is 9.56. The van der Waals surface area contributed by atoms with Gasteiger partial charge in [0.15, 0.2) is 0 Å². The highest BCUT2D eigenvalue weighted by atomic mass is 35.5. The van der Waals surface area contributed by atoms with Gasteiger partial charge in [-0.1, -0.05) is 29.9 Å². The molecule has 18 heavy (non-hydrogen) atoms. The van der Waals surface area contributed by atoms with Crippen LogP contribution in [-0.4, -0.2) is 9.97 Å². The van der Waals surface area contributed by atoms with Gasteiger partial charge in [0.2, 0.25) is 0 Å². The summed E-state index contributed by atoms with van der Waals surface area (Å²) in [6, 6.07) is 9.42. The van der Waals surface area contributed by atoms with E-state index < -0.39 is 0 Å². The predicted molar refractivity (Wildman–Crippen MR) is 78.9 cm³/mol. The molecule has 5 heteroatoms. The van der Waals surface area contributed by atoms with Crippen molar-refractivity contribution in [1.82, 2.24) is 4.98 Å². The summed E-state index contributed by atoms with van der Waals surface area (Å²) in [5, 5.41) is 3.83. The number of pyridine rings is 1. The van der Waals surface area contributed by atoms with Gasteiger partial charge in [0, 0.05) is 24.6 Å². The summed E-state index contributed by atoms with van der Waals surface area (Å²) in [7, 11) is 0. The van der Waals surface area contributed by atoms with Gasteiger partial charge in [-0.05, 0) is 29.8 Å². The van der Waals surface area contributed by atoms with E-state index in [2.05, 4.69) is 10.3 Å². The van der Waals surface area contributed by atoms with Gasteiger partial charge in [0.1, 0.15) is 4.99 Å². The Balaban J connectivity index is 2.20. The average molecular weight is 278 g/mol. The Morgan fingerprint density at radius 2 is 2.00 bits per heavy atom. The van der Waals surface area contributed by atoms with Gasteiger partial charge >= 0.3 is 0 Å². The van der Waals surface area contributed by atoms with Crippen LogP contribution in [0.2, 0.25) is 5.02 Å². The third-order valence-corrected chi connectivity index (χ3v) is 3.01. The highest BCUT2D eigenvalue weighted by molar-refractivity contribution is 7.80. The molecule has 0 aliphatic rings. The van der Waals surface area contributed by atoms with Gasteiger partial charge in [0.25, 0.3) is 0 Å². The highest BCUT2D eigenvalue weighted by Gasteiger charge is 2.09. The van der Waals surface area contributed by atoms with Gasteiger partial charge < -0.3 is 11.1 Å². The largest absolute Gasteiger partial charge is 0.389 e. The van der Waals surface area contributed by atoms with Crippen LogP contribution < -0.4 is 11.1 Å². The monoisotopic (exact) mass is 277 g/mol. The quantitative estimate of drug-likeness (QED) is 0.844. The lowest BCUT2D eigenvalue weighted by Gasteiger charge is -2.12. The van der Waals surface area contributed by atoms with Crippen molar-refractivity contribution in [1.29, 1.82) is 0 Å². The van der Waals surface area contributed by atoms with E-state index in [0.717, 1.165) is 11.3 Å². The number of hydrogen-bond donors (Lipinski definition) is 2. The molecule has 0 saturated heterocycles. The van der Waals surface area contributed by atoms with Gasteiger partial charge in [0.05, 0.1) is 10.6 Å². The topological polar surface area (TPSA) is 50.9 Å². The molecule has 0 radical (unpaired) electrons. The van der Waals surface area contributed by atoms with Crippen molar-refractivity contribution in [2.75, 3.05) is 5.32 Å². The van der Waals surface area contributed by atoms with E-state index in [9.17, 15) is 0 Å². The normalized spacial score (nSPS) is 10.1. The van der Waals surface area contributed by atoms with Gasteiger partial charge in [-0.15, -0.1) is 0 Å². The summed E-state index contributed by atoms with van der Waals surface area (Å²) in [6.45, 7) is 0.665. The van der Waals surface area contributed by atoms with E-state index >= 15 is 0 Å². The fourth-order valence-corrected chi connectivity index (χ4v) is 2.17. The molecular formula is C13H12ClN3S. The maximum absolute atomic E-state index is 6.09. The Morgan fingerprint density at radius 1 is 1.28 bits per heavy atom. The molecule has 3 N–H and O–H groups in total. The van der Waals surface area contributed by atoms with E-state index in [4.69, 9.17) is 29.6 Å². The van der Waals surface area contributed by atoms with Crippen molar-refractivity contribution in [2.24, 2.45) is 5.73 Å². The molecule has 0 fully saturated rings. The molecule has 1 aromatic heterocycles. The average Bonchev–Trinajstić information content (AvgIpc) is 2.37. The molecule has 1 aromatic carbocycles. The number of anilines is 1. The van der Waals surface area contributed by atoms with Crippen LogP contribution in [0.15, 0.2) is 42.7 Å². The lowest BCUT2D eigenvalue weighted by Crippen LogP contribution is -2.14. The lowest BCUT2D eigenvalue weighted by molar-refractivity contribution is 1.13. The second-order valence-corrected chi connectivity index (χ2v) is 4.58. The first-order valence-electron chi connectivity index (χ1n) is 5.39. The number of nitrogens with zero attached hydrogens (tertiary/aromatic N) is 1. The van der Waals surface area contributed by atoms with Crippen molar-refractivity contribution < 1.29 is 0 Å². The first-order chi connectivity index (χ1) is 8.68. The fraction of sp³-hybridized carbons (Fsp3) is 0.0769. The number of thiocarbonyl (C=S) groups is 1. The number of benzene rings is 1. The Kier molecular flexibility index (Phi) is 4.12. The van der Waals surface area contributed by atoms with Crippen molar-refractivity contribution in [2.45, 2.75) is 6.54 Å². The second-order valence-electron chi connectivity index (χ2n) is 3.74. The third-order valence-electron chi connectivity index (χ3n) is 2.49. The number of halogens is 1. The molecule has 3 nitrogen and oxygen atoms in total. The van der Waals surface area contributed by atoms with Crippen molar-refractivity contribution in [3.63, 3.8) is 0 Å². The zero-order valence-corrected chi connectivity index (χ0v) is 11.1. The molecule has 2 aromatic rings. The molecule has 2 rings (SSSR count). The van der Waals surface area contributed by atoms with Crippen LogP contribution >= 0.6 is 23.8 Å². The smallest absolute Gasteiger partial charge is 0.107 e. The number of aromatic nitrogens is 1. The van der Waals surface area contributed by atoms with Crippen LogP contribution in [0.3, 0.4) is 0 Å². The van der Waals surface area contributed by atoms with Gasteiger partial charge in [-0.2, -0.15) is 0 Å². The first kappa shape index (κ1) is 12.8. The van der Waals surface area contributed by atoms with Crippen LogP contribution in [0.25, 0.3) is 0 Å². The molecule has 0 atom stereocenters. The molecule has 0 unspecified atom stereocenters. The third kappa shape index (κ3) is 2.97. The predicted octanol–water partition coefficient (Wildman–Crippen LogP) is 2.98. The van der Waals surface area contributed by atoms with E-state index in [1.807, 2.05) is 24.3 Å². The minimum absolute atomic E-state index is 0.290. The molecule has 92 valence electrons. The Labute approximate surface area is 116 Å². The maximum Gasteiger partial charge on any atom is 0.107 e. The standard InChI is InChI=1S/C13H12ClN3S/c14-10-2-1-3-11(12(10)13(15)18)17-8-9-4-6-16-7-5-9/h1-7,17H,8H2,(H2,15,18). The van der Waals surface area contributed by atoms with Gasteiger partial charge in [-0.25, -0.2) is 0 Å². The first-order valence-corrected chi connectivity index (χ1v) is 6.18. The van der Waals surface area contributed by atoms with Crippen LogP contribution in [0, 0.1) is 0 Å². The lowest BCUT2D eigenvalue weighted by atomic mass is 10.1. The highest BCUT2D eigenvalue weighted by Crippen LogP contribution is 2.24. The fourth-order valence-electron chi connectivity index (χ4n) is 1.62. The number of rotatable bonds is 4. The van der Waals surface area contributed by atoms with E-state index in [-0.39, 0.29) is 4.99 Å². The van der Waals surface area contributed by atoms with Crippen LogP contribution in [0.4, 0.5) is 5.69 Å². The van der Waals surface area contributed by atoms with E-state index in [0.29, 0.717) is 17.1 Å². The summed E-state index contributed by atoms with van der Waals surface area (Å²) >= 11 is 11.1. The summed E-state index contributed by atoms with van der Waals surface area (Å²) < 4.78 is 0. The summed E-state index contributed by atoms with van der Waals surface area (Å²) in [5.41, 5.74) is 8.33. The summed E-state index contributed by atoms with van der Waals surface area (Å²) in [5.74, 6) is 0. The molecule has 0 aliphatic heterocycles. The molecule has 1 heterocycles. The molecule has 0 saturated carbocycles. The minimum Gasteiger partial charge on any atom is -0.389 e. The van der Waals surface area contributed by atoms with Crippen LogP contribution in [-0.2, 0) is 6.54 Å². The van der Waals surface area contributed by atoms with Crippen LogP contribution in [0.1, 0.15) is 11.1 Å². The minimum atomic E-state index is 0.290.